The van der Waals surface area contributed by atoms with E-state index in [9.17, 15) is 14.7 Å². The molecule has 1 fully saturated rings. The normalized spacial score (nSPS) is 16.6. The van der Waals surface area contributed by atoms with E-state index in [-0.39, 0.29) is 17.2 Å². The zero-order valence-electron chi connectivity index (χ0n) is 20.6. The van der Waals surface area contributed by atoms with Crippen molar-refractivity contribution < 1.29 is 28.7 Å². The number of rotatable bonds is 7. The summed E-state index contributed by atoms with van der Waals surface area (Å²) >= 11 is 6.00. The Kier molecular flexibility index (Phi) is 6.89. The molecule has 1 N–H and O–H groups in total. The van der Waals surface area contributed by atoms with Crippen LogP contribution in [0.25, 0.3) is 5.76 Å². The number of aromatic nitrogens is 1. The molecule has 38 heavy (non-hydrogen) atoms. The third-order valence-electron chi connectivity index (χ3n) is 6.17. The van der Waals surface area contributed by atoms with E-state index in [2.05, 4.69) is 5.16 Å². The summed E-state index contributed by atoms with van der Waals surface area (Å²) in [6.45, 7) is 2.00. The predicted octanol–water partition coefficient (Wildman–Crippen LogP) is 5.85. The molecule has 1 aliphatic rings. The van der Waals surface area contributed by atoms with Crippen molar-refractivity contribution in [3.63, 3.8) is 0 Å². The lowest BCUT2D eigenvalue weighted by atomic mass is 9.95. The Morgan fingerprint density at radius 3 is 2.42 bits per heavy atom. The van der Waals surface area contributed by atoms with Gasteiger partial charge in [0.25, 0.3) is 5.78 Å². The number of anilines is 1. The second-order valence-electron chi connectivity index (χ2n) is 8.66. The fourth-order valence-electron chi connectivity index (χ4n) is 4.32. The number of amides is 1. The van der Waals surface area contributed by atoms with Crippen molar-refractivity contribution in [2.45, 2.75) is 19.6 Å². The number of hydrogen-bond acceptors (Lipinski definition) is 7. The quantitative estimate of drug-likeness (QED) is 0.182. The Hall–Kier alpha value is -4.56. The van der Waals surface area contributed by atoms with Crippen LogP contribution in [0.15, 0.2) is 89.0 Å². The maximum atomic E-state index is 13.3. The first-order valence-corrected chi connectivity index (χ1v) is 12.1. The molecule has 5 rings (SSSR count). The minimum absolute atomic E-state index is 0.0991. The molecule has 192 valence electrons. The van der Waals surface area contributed by atoms with Gasteiger partial charge >= 0.3 is 5.91 Å². The molecular formula is C29H23ClN2O6. The molecule has 1 saturated heterocycles. The van der Waals surface area contributed by atoms with Crippen LogP contribution in [0.5, 0.6) is 11.5 Å². The Labute approximate surface area is 223 Å². The molecule has 2 heterocycles. The van der Waals surface area contributed by atoms with Gasteiger partial charge in [-0.3, -0.25) is 14.5 Å². The molecule has 1 amide bonds. The van der Waals surface area contributed by atoms with Gasteiger partial charge < -0.3 is 19.1 Å². The zero-order valence-corrected chi connectivity index (χ0v) is 21.3. The fraction of sp³-hybridized carbons (Fsp3) is 0.138. The van der Waals surface area contributed by atoms with Crippen molar-refractivity contribution >= 4 is 34.9 Å². The fourth-order valence-corrected chi connectivity index (χ4v) is 4.45. The van der Waals surface area contributed by atoms with Crippen LogP contribution in [0.3, 0.4) is 0 Å². The molecule has 1 aliphatic heterocycles. The highest BCUT2D eigenvalue weighted by Crippen LogP contribution is 2.44. The summed E-state index contributed by atoms with van der Waals surface area (Å²) in [4.78, 5) is 27.8. The van der Waals surface area contributed by atoms with Gasteiger partial charge in [0.2, 0.25) is 0 Å². The van der Waals surface area contributed by atoms with Crippen LogP contribution >= 0.6 is 11.6 Å². The number of methoxy groups -OCH3 is 1. The number of nitrogens with zero attached hydrogens (tertiary/aromatic N) is 2. The molecule has 3 aromatic carbocycles. The monoisotopic (exact) mass is 530 g/mol. The standard InChI is InChI=1S/C29H23ClN2O6/c1-17-14-24(31-38-17)32-26(25(28(34)29(32)35)27(33)19-8-11-21(30)12-9-19)20-10-13-22(23(15-20)36-2)37-16-18-6-4-3-5-7-18/h3-15,26,33H,16H2,1-2H3/b27-25+. The SMILES string of the molecule is COc1cc(C2/C(=C(\O)c3ccc(Cl)cc3)C(=O)C(=O)N2c2cc(C)on2)ccc1OCc1ccccc1. The highest BCUT2D eigenvalue weighted by molar-refractivity contribution is 6.51. The Balaban J connectivity index is 1.60. The third-order valence-corrected chi connectivity index (χ3v) is 6.42. The number of Topliss-reactive ketones (excluding diaryl/α,β-unsaturated/α-hetero) is 1. The van der Waals surface area contributed by atoms with Crippen molar-refractivity contribution in [1.29, 1.82) is 0 Å². The van der Waals surface area contributed by atoms with E-state index in [4.69, 9.17) is 25.6 Å². The average molecular weight is 531 g/mol. The van der Waals surface area contributed by atoms with Gasteiger partial charge in [0.15, 0.2) is 17.3 Å². The van der Waals surface area contributed by atoms with E-state index in [1.807, 2.05) is 30.3 Å². The first kappa shape index (κ1) is 25.1. The summed E-state index contributed by atoms with van der Waals surface area (Å²) in [5.74, 6) is -0.558. The average Bonchev–Trinajstić information content (AvgIpc) is 3.48. The molecule has 0 bridgehead atoms. The highest BCUT2D eigenvalue weighted by Gasteiger charge is 2.48. The molecule has 0 radical (unpaired) electrons. The Morgan fingerprint density at radius 1 is 1.03 bits per heavy atom. The maximum Gasteiger partial charge on any atom is 0.301 e. The molecule has 4 aromatic rings. The minimum atomic E-state index is -1.01. The van der Waals surface area contributed by atoms with E-state index in [1.165, 1.54) is 12.0 Å². The molecule has 0 spiro atoms. The van der Waals surface area contributed by atoms with E-state index in [0.29, 0.717) is 40.0 Å². The van der Waals surface area contributed by atoms with Gasteiger partial charge in [-0.2, -0.15) is 0 Å². The molecular weight excluding hydrogens is 508 g/mol. The van der Waals surface area contributed by atoms with Gasteiger partial charge in [-0.05, 0) is 54.4 Å². The van der Waals surface area contributed by atoms with Crippen molar-refractivity contribution in [3.8, 4) is 11.5 Å². The number of carbonyl (C=O) groups is 2. The van der Waals surface area contributed by atoms with Crippen LogP contribution in [0, 0.1) is 6.92 Å². The summed E-state index contributed by atoms with van der Waals surface area (Å²) in [6, 6.07) is 21.6. The van der Waals surface area contributed by atoms with Crippen molar-refractivity contribution in [3.05, 3.63) is 112 Å². The lowest BCUT2D eigenvalue weighted by Gasteiger charge is -2.24. The van der Waals surface area contributed by atoms with Gasteiger partial charge in [0.1, 0.15) is 18.1 Å². The topological polar surface area (TPSA) is 102 Å². The molecule has 1 unspecified atom stereocenters. The first-order valence-electron chi connectivity index (χ1n) is 11.7. The minimum Gasteiger partial charge on any atom is -0.507 e. The van der Waals surface area contributed by atoms with Gasteiger partial charge in [0.05, 0.1) is 18.7 Å². The van der Waals surface area contributed by atoms with Gasteiger partial charge in [-0.1, -0.05) is 53.2 Å². The number of halogens is 1. The number of hydrogen-bond donors (Lipinski definition) is 1. The molecule has 0 aliphatic carbocycles. The van der Waals surface area contributed by atoms with Crippen LogP contribution in [0.2, 0.25) is 5.02 Å². The molecule has 9 heteroatoms. The number of aliphatic hydroxyl groups is 1. The van der Waals surface area contributed by atoms with E-state index >= 15 is 0 Å². The first-order chi connectivity index (χ1) is 18.4. The summed E-state index contributed by atoms with van der Waals surface area (Å²) in [5.41, 5.74) is 1.72. The highest BCUT2D eigenvalue weighted by atomic mass is 35.5. The third kappa shape index (κ3) is 4.73. The number of benzene rings is 3. The number of aliphatic hydroxyl groups excluding tert-OH is 1. The molecule has 1 aromatic heterocycles. The van der Waals surface area contributed by atoms with E-state index < -0.39 is 17.7 Å². The largest absolute Gasteiger partial charge is 0.507 e. The molecule has 0 saturated carbocycles. The Bertz CT molecular complexity index is 1530. The van der Waals surface area contributed by atoms with Crippen molar-refractivity contribution in [2.75, 3.05) is 12.0 Å². The van der Waals surface area contributed by atoms with Crippen molar-refractivity contribution in [2.24, 2.45) is 0 Å². The number of ether oxygens (including phenoxy) is 2. The van der Waals surface area contributed by atoms with Crippen molar-refractivity contribution in [1.82, 2.24) is 5.16 Å². The van der Waals surface area contributed by atoms with Crippen LogP contribution in [0.4, 0.5) is 5.82 Å². The summed E-state index contributed by atoms with van der Waals surface area (Å²) in [6.07, 6.45) is 0. The lowest BCUT2D eigenvalue weighted by Crippen LogP contribution is -2.29. The van der Waals surface area contributed by atoms with Crippen LogP contribution in [-0.2, 0) is 16.2 Å². The molecule has 8 nitrogen and oxygen atoms in total. The zero-order chi connectivity index (χ0) is 26.8. The van der Waals surface area contributed by atoms with Gasteiger partial charge in [0, 0.05) is 16.7 Å². The summed E-state index contributed by atoms with van der Waals surface area (Å²) in [5, 5.41) is 15.7. The second-order valence-corrected chi connectivity index (χ2v) is 9.09. The van der Waals surface area contributed by atoms with E-state index in [1.54, 1.807) is 55.5 Å². The van der Waals surface area contributed by atoms with Gasteiger partial charge in [-0.25, -0.2) is 0 Å². The van der Waals surface area contributed by atoms with Crippen LogP contribution in [-0.4, -0.2) is 29.1 Å². The second kappa shape index (κ2) is 10.4. The number of ketones is 1. The Morgan fingerprint density at radius 2 is 1.76 bits per heavy atom. The molecule has 1 atom stereocenters. The predicted molar refractivity (Wildman–Crippen MR) is 141 cm³/mol. The van der Waals surface area contributed by atoms with Crippen LogP contribution < -0.4 is 14.4 Å². The van der Waals surface area contributed by atoms with Gasteiger partial charge in [-0.15, -0.1) is 0 Å². The lowest BCUT2D eigenvalue weighted by molar-refractivity contribution is -0.132. The maximum absolute atomic E-state index is 13.3. The number of aryl methyl sites for hydroxylation is 1. The van der Waals surface area contributed by atoms with E-state index in [0.717, 1.165) is 5.56 Å². The smallest absolute Gasteiger partial charge is 0.301 e. The van der Waals surface area contributed by atoms with Crippen LogP contribution in [0.1, 0.15) is 28.5 Å². The number of carbonyl (C=O) groups excluding carboxylic acids is 2. The summed E-state index contributed by atoms with van der Waals surface area (Å²) < 4.78 is 16.7. The summed E-state index contributed by atoms with van der Waals surface area (Å²) in [7, 11) is 1.50.